The second-order valence-electron chi connectivity index (χ2n) is 4.93. The number of aliphatic carboxylic acids is 1. The molecular weight excluding hydrogens is 272 g/mol. The van der Waals surface area contributed by atoms with Crippen molar-refractivity contribution in [2.45, 2.75) is 33.2 Å². The van der Waals surface area contributed by atoms with Crippen LogP contribution >= 0.6 is 0 Å². The number of rotatable bonds is 6. The molecule has 2 atom stereocenters. The number of anilines is 1. The molecule has 0 unspecified atom stereocenters. The van der Waals surface area contributed by atoms with Crippen LogP contribution in [-0.4, -0.2) is 28.9 Å². The van der Waals surface area contributed by atoms with Gasteiger partial charge in [-0.25, -0.2) is 9.59 Å². The zero-order chi connectivity index (χ0) is 16.0. The van der Waals surface area contributed by atoms with Gasteiger partial charge in [-0.2, -0.15) is 0 Å². The highest BCUT2D eigenvalue weighted by molar-refractivity contribution is 5.96. The summed E-state index contributed by atoms with van der Waals surface area (Å²) in [6.45, 7) is 5.08. The van der Waals surface area contributed by atoms with E-state index in [-0.39, 0.29) is 11.7 Å². The number of carboxylic acids is 1. The lowest BCUT2D eigenvalue weighted by atomic mass is 9.99. The number of carbonyl (C=O) groups excluding carboxylic acids is 2. The van der Waals surface area contributed by atoms with Gasteiger partial charge in [-0.1, -0.05) is 20.3 Å². The molecule has 0 spiro atoms. The Kier molecular flexibility index (Phi) is 5.90. The normalized spacial score (nSPS) is 13.1. The fraction of sp³-hybridized carbons (Fsp3) is 0.400. The predicted molar refractivity (Wildman–Crippen MR) is 79.5 cm³/mol. The Balaban J connectivity index is 2.67. The monoisotopic (exact) mass is 292 g/mol. The van der Waals surface area contributed by atoms with Crippen LogP contribution in [0.2, 0.25) is 0 Å². The van der Waals surface area contributed by atoms with Crippen LogP contribution in [0.1, 0.15) is 37.6 Å². The second kappa shape index (κ2) is 7.42. The first kappa shape index (κ1) is 16.7. The Morgan fingerprint density at radius 3 is 2.19 bits per heavy atom. The van der Waals surface area contributed by atoms with Gasteiger partial charge in [0.2, 0.25) is 0 Å². The van der Waals surface area contributed by atoms with Crippen LogP contribution < -0.4 is 10.6 Å². The maximum Gasteiger partial charge on any atom is 0.326 e. The van der Waals surface area contributed by atoms with E-state index < -0.39 is 18.0 Å². The van der Waals surface area contributed by atoms with Gasteiger partial charge in [0.05, 0.1) is 0 Å². The van der Waals surface area contributed by atoms with Crippen molar-refractivity contribution in [3.05, 3.63) is 29.8 Å². The van der Waals surface area contributed by atoms with Crippen molar-refractivity contribution in [1.82, 2.24) is 5.32 Å². The zero-order valence-electron chi connectivity index (χ0n) is 12.3. The molecule has 0 aliphatic rings. The van der Waals surface area contributed by atoms with Gasteiger partial charge in [0, 0.05) is 11.3 Å². The Labute approximate surface area is 123 Å². The van der Waals surface area contributed by atoms with Gasteiger partial charge in [-0.3, -0.25) is 4.79 Å². The molecule has 1 aromatic carbocycles. The topological polar surface area (TPSA) is 95.5 Å². The van der Waals surface area contributed by atoms with Crippen molar-refractivity contribution >= 4 is 23.5 Å². The number of urea groups is 1. The third kappa shape index (κ3) is 4.91. The summed E-state index contributed by atoms with van der Waals surface area (Å²) in [4.78, 5) is 34.1. The molecule has 0 saturated heterocycles. The van der Waals surface area contributed by atoms with E-state index in [1.807, 2.05) is 6.92 Å². The molecule has 1 rings (SSSR count). The van der Waals surface area contributed by atoms with Crippen molar-refractivity contribution in [2.75, 3.05) is 5.32 Å². The lowest BCUT2D eigenvalue weighted by molar-refractivity contribution is -0.140. The number of hydrogen-bond donors (Lipinski definition) is 3. The summed E-state index contributed by atoms with van der Waals surface area (Å²) in [6.07, 6.45) is 0.643. The van der Waals surface area contributed by atoms with Gasteiger partial charge < -0.3 is 15.7 Å². The quantitative estimate of drug-likeness (QED) is 0.702. The van der Waals surface area contributed by atoms with Gasteiger partial charge in [-0.05, 0) is 37.1 Å². The van der Waals surface area contributed by atoms with E-state index in [4.69, 9.17) is 5.11 Å². The highest BCUT2D eigenvalue weighted by Crippen LogP contribution is 2.11. The molecule has 114 valence electrons. The molecule has 3 N–H and O–H groups in total. The summed E-state index contributed by atoms with van der Waals surface area (Å²) in [5.74, 6) is -1.30. The number of nitrogens with one attached hydrogen (secondary N) is 2. The van der Waals surface area contributed by atoms with E-state index in [2.05, 4.69) is 10.6 Å². The molecule has 0 saturated carbocycles. The number of carboxylic acid groups (broad SMARTS) is 1. The van der Waals surface area contributed by atoms with Crippen molar-refractivity contribution in [3.63, 3.8) is 0 Å². The minimum Gasteiger partial charge on any atom is -0.480 e. The van der Waals surface area contributed by atoms with Gasteiger partial charge in [0.15, 0.2) is 5.78 Å². The number of benzene rings is 1. The minimum absolute atomic E-state index is 0.0614. The molecular formula is C15H20N2O4. The third-order valence-electron chi connectivity index (χ3n) is 3.31. The van der Waals surface area contributed by atoms with Crippen LogP contribution in [0, 0.1) is 5.92 Å². The van der Waals surface area contributed by atoms with E-state index in [0.717, 1.165) is 0 Å². The zero-order valence-corrected chi connectivity index (χ0v) is 12.3. The van der Waals surface area contributed by atoms with Gasteiger partial charge >= 0.3 is 12.0 Å². The van der Waals surface area contributed by atoms with Crippen LogP contribution in [-0.2, 0) is 4.79 Å². The van der Waals surface area contributed by atoms with Crippen LogP contribution in [0.15, 0.2) is 24.3 Å². The average Bonchev–Trinajstić information content (AvgIpc) is 2.44. The van der Waals surface area contributed by atoms with Crippen LogP contribution in [0.4, 0.5) is 10.5 Å². The van der Waals surface area contributed by atoms with Gasteiger partial charge in [0.25, 0.3) is 0 Å². The van der Waals surface area contributed by atoms with E-state index in [1.54, 1.807) is 31.2 Å². The molecule has 0 bridgehead atoms. The van der Waals surface area contributed by atoms with Crippen LogP contribution in [0.3, 0.4) is 0 Å². The lowest BCUT2D eigenvalue weighted by Crippen LogP contribution is -2.46. The van der Waals surface area contributed by atoms with Crippen molar-refractivity contribution in [3.8, 4) is 0 Å². The van der Waals surface area contributed by atoms with Crippen molar-refractivity contribution in [1.29, 1.82) is 0 Å². The molecule has 0 heterocycles. The maximum absolute atomic E-state index is 11.8. The molecule has 0 aliphatic carbocycles. The smallest absolute Gasteiger partial charge is 0.326 e. The largest absolute Gasteiger partial charge is 0.480 e. The van der Waals surface area contributed by atoms with Gasteiger partial charge in [0.1, 0.15) is 6.04 Å². The van der Waals surface area contributed by atoms with E-state index in [1.165, 1.54) is 6.92 Å². The molecule has 0 aromatic heterocycles. The maximum atomic E-state index is 11.8. The van der Waals surface area contributed by atoms with Crippen molar-refractivity contribution < 1.29 is 19.5 Å². The Hall–Kier alpha value is -2.37. The van der Waals surface area contributed by atoms with Gasteiger partial charge in [-0.15, -0.1) is 0 Å². The molecule has 6 nitrogen and oxygen atoms in total. The third-order valence-corrected chi connectivity index (χ3v) is 3.31. The highest BCUT2D eigenvalue weighted by Gasteiger charge is 2.25. The lowest BCUT2D eigenvalue weighted by Gasteiger charge is -2.20. The average molecular weight is 292 g/mol. The molecule has 2 amide bonds. The van der Waals surface area contributed by atoms with E-state index in [9.17, 15) is 14.4 Å². The standard InChI is InChI=1S/C15H20N2O4/c1-4-9(2)13(14(19)20)17-15(21)16-12-7-5-11(6-8-12)10(3)18/h5-9,13H,4H2,1-3H3,(H,19,20)(H2,16,17,21)/t9-,13-/m0/s1. The molecule has 0 fully saturated rings. The number of amides is 2. The summed E-state index contributed by atoms with van der Waals surface area (Å²) in [5, 5.41) is 14.1. The molecule has 21 heavy (non-hydrogen) atoms. The first-order chi connectivity index (χ1) is 9.85. The van der Waals surface area contributed by atoms with E-state index >= 15 is 0 Å². The SMILES string of the molecule is CC[C@H](C)[C@H](NC(=O)Nc1ccc(C(C)=O)cc1)C(=O)O. The molecule has 6 heteroatoms. The van der Waals surface area contributed by atoms with E-state index in [0.29, 0.717) is 17.7 Å². The van der Waals surface area contributed by atoms with Crippen LogP contribution in [0.5, 0.6) is 0 Å². The molecule has 0 aliphatic heterocycles. The molecule has 1 aromatic rings. The highest BCUT2D eigenvalue weighted by atomic mass is 16.4. The number of Topliss-reactive ketones (excluding diaryl/α,β-unsaturated/α-hetero) is 1. The fourth-order valence-electron chi connectivity index (χ4n) is 1.78. The second-order valence-corrected chi connectivity index (χ2v) is 4.93. The predicted octanol–water partition coefficient (Wildman–Crippen LogP) is 2.51. The number of ketones is 1. The Morgan fingerprint density at radius 1 is 1.19 bits per heavy atom. The Morgan fingerprint density at radius 2 is 1.76 bits per heavy atom. The molecule has 0 radical (unpaired) electrons. The fourth-order valence-corrected chi connectivity index (χ4v) is 1.78. The first-order valence-electron chi connectivity index (χ1n) is 6.76. The minimum atomic E-state index is -1.06. The first-order valence-corrected chi connectivity index (χ1v) is 6.76. The summed E-state index contributed by atoms with van der Waals surface area (Å²) < 4.78 is 0. The van der Waals surface area contributed by atoms with Crippen molar-refractivity contribution in [2.24, 2.45) is 5.92 Å². The Bertz CT molecular complexity index is 525. The summed E-state index contributed by atoms with van der Waals surface area (Å²) in [7, 11) is 0. The summed E-state index contributed by atoms with van der Waals surface area (Å²) >= 11 is 0. The number of carbonyl (C=O) groups is 3. The summed E-state index contributed by atoms with van der Waals surface area (Å²) in [5.41, 5.74) is 1.04. The van der Waals surface area contributed by atoms with Crippen LogP contribution in [0.25, 0.3) is 0 Å². The number of hydrogen-bond acceptors (Lipinski definition) is 3. The summed E-state index contributed by atoms with van der Waals surface area (Å²) in [6, 6.07) is 4.86.